The molecule has 0 saturated carbocycles. The first kappa shape index (κ1) is 8.69. The van der Waals surface area contributed by atoms with E-state index in [-0.39, 0.29) is 5.75 Å². The lowest BCUT2D eigenvalue weighted by molar-refractivity contribution is -0.133. The molecule has 1 aromatic rings. The van der Waals surface area contributed by atoms with Crippen molar-refractivity contribution in [3.8, 4) is 0 Å². The van der Waals surface area contributed by atoms with Crippen molar-refractivity contribution in [1.29, 1.82) is 0 Å². The highest BCUT2D eigenvalue weighted by atomic mass is 32.2. The second-order valence-electron chi connectivity index (χ2n) is 1.57. The summed E-state index contributed by atoms with van der Waals surface area (Å²) in [5.74, 6) is -0.850. The SMILES string of the molecule is O=C(O)CSc1nc(=S)s[nH]1. The number of H-pyrrole nitrogens is 1. The van der Waals surface area contributed by atoms with Crippen LogP contribution >= 0.6 is 35.5 Å². The maximum Gasteiger partial charge on any atom is 0.313 e. The van der Waals surface area contributed by atoms with E-state index in [1.165, 1.54) is 11.5 Å². The van der Waals surface area contributed by atoms with Gasteiger partial charge in [0.2, 0.25) is 0 Å². The van der Waals surface area contributed by atoms with Crippen LogP contribution in [0.1, 0.15) is 0 Å². The minimum atomic E-state index is -0.859. The quantitative estimate of drug-likeness (QED) is 0.580. The van der Waals surface area contributed by atoms with Crippen LogP contribution in [-0.4, -0.2) is 26.2 Å². The van der Waals surface area contributed by atoms with Gasteiger partial charge in [0.05, 0.1) is 5.75 Å². The standard InChI is InChI=1S/C4H4N2O2S3/c7-2(8)1-10-3-5-4(9)11-6-3/h1H2,(H,7,8)(H,5,6,9). The van der Waals surface area contributed by atoms with E-state index in [1.54, 1.807) is 0 Å². The predicted octanol–water partition coefficient (Wildman–Crippen LogP) is 1.38. The molecule has 0 aromatic carbocycles. The Balaban J connectivity index is 2.51. The molecule has 4 nitrogen and oxygen atoms in total. The third-order valence-electron chi connectivity index (χ3n) is 0.751. The first-order chi connectivity index (χ1) is 5.18. The Morgan fingerprint density at radius 3 is 3.09 bits per heavy atom. The second-order valence-corrected chi connectivity index (χ2v) is 3.97. The molecule has 0 fully saturated rings. The topological polar surface area (TPSA) is 66.0 Å². The van der Waals surface area contributed by atoms with Crippen LogP contribution < -0.4 is 0 Å². The highest BCUT2D eigenvalue weighted by Crippen LogP contribution is 2.13. The number of aliphatic carboxylic acids is 1. The van der Waals surface area contributed by atoms with Gasteiger partial charge in [0, 0.05) is 0 Å². The van der Waals surface area contributed by atoms with Gasteiger partial charge in [0.25, 0.3) is 0 Å². The minimum absolute atomic E-state index is 0.00894. The molecule has 0 unspecified atom stereocenters. The van der Waals surface area contributed by atoms with Crippen LogP contribution in [0, 0.1) is 3.95 Å². The van der Waals surface area contributed by atoms with Crippen molar-refractivity contribution in [2.24, 2.45) is 0 Å². The molecule has 0 saturated heterocycles. The average Bonchev–Trinajstić information content (AvgIpc) is 2.31. The number of rotatable bonds is 3. The molecule has 60 valence electrons. The zero-order valence-electron chi connectivity index (χ0n) is 5.23. The number of hydrogen-bond acceptors (Lipinski definition) is 5. The third kappa shape index (κ3) is 3.00. The van der Waals surface area contributed by atoms with Crippen molar-refractivity contribution in [2.45, 2.75) is 5.16 Å². The molecule has 1 aromatic heterocycles. The molecule has 0 amide bonds. The molecule has 2 N–H and O–H groups in total. The summed E-state index contributed by atoms with van der Waals surface area (Å²) in [6.45, 7) is 0. The zero-order chi connectivity index (χ0) is 8.27. The number of nitrogens with zero attached hydrogens (tertiary/aromatic N) is 1. The number of hydrogen-bond donors (Lipinski definition) is 2. The van der Waals surface area contributed by atoms with Crippen molar-refractivity contribution >= 4 is 41.5 Å². The Morgan fingerprint density at radius 2 is 2.64 bits per heavy atom. The van der Waals surface area contributed by atoms with Gasteiger partial charge in [-0.2, -0.15) is 0 Å². The molecule has 0 aliphatic rings. The fourth-order valence-corrected chi connectivity index (χ4v) is 1.87. The van der Waals surface area contributed by atoms with Crippen molar-refractivity contribution < 1.29 is 9.90 Å². The highest BCUT2D eigenvalue weighted by molar-refractivity contribution is 7.99. The van der Waals surface area contributed by atoms with Gasteiger partial charge < -0.3 is 5.11 Å². The van der Waals surface area contributed by atoms with Crippen LogP contribution in [0.25, 0.3) is 0 Å². The molecule has 11 heavy (non-hydrogen) atoms. The van der Waals surface area contributed by atoms with Crippen LogP contribution in [-0.2, 0) is 4.79 Å². The Bertz CT molecular complexity index is 304. The van der Waals surface area contributed by atoms with Crippen LogP contribution in [0.2, 0.25) is 0 Å². The summed E-state index contributed by atoms with van der Waals surface area (Å²) < 4.78 is 3.28. The molecule has 0 aliphatic carbocycles. The summed E-state index contributed by atoms with van der Waals surface area (Å²) in [7, 11) is 0. The summed E-state index contributed by atoms with van der Waals surface area (Å²) in [4.78, 5) is 14.0. The lowest BCUT2D eigenvalue weighted by Crippen LogP contribution is -1.97. The van der Waals surface area contributed by atoms with Crippen molar-refractivity contribution in [3.63, 3.8) is 0 Å². The van der Waals surface area contributed by atoms with E-state index in [0.717, 1.165) is 11.8 Å². The van der Waals surface area contributed by atoms with Crippen molar-refractivity contribution in [1.82, 2.24) is 9.36 Å². The maximum absolute atomic E-state index is 10.1. The number of carbonyl (C=O) groups is 1. The second kappa shape index (κ2) is 3.84. The number of aromatic nitrogens is 2. The number of thioether (sulfide) groups is 1. The summed E-state index contributed by atoms with van der Waals surface area (Å²) in [6, 6.07) is 0. The maximum atomic E-state index is 10.1. The molecule has 1 heterocycles. The van der Waals surface area contributed by atoms with Crippen LogP contribution in [0.3, 0.4) is 0 Å². The fraction of sp³-hybridized carbons (Fsp3) is 0.250. The van der Waals surface area contributed by atoms with E-state index in [9.17, 15) is 4.79 Å². The van der Waals surface area contributed by atoms with Crippen molar-refractivity contribution in [3.05, 3.63) is 3.95 Å². The summed E-state index contributed by atoms with van der Waals surface area (Å²) in [5.41, 5.74) is 0. The molecule has 1 rings (SSSR count). The molecule has 0 spiro atoms. The van der Waals surface area contributed by atoms with E-state index in [0.29, 0.717) is 9.11 Å². The summed E-state index contributed by atoms with van der Waals surface area (Å²) in [5, 5.41) is 8.87. The van der Waals surface area contributed by atoms with E-state index >= 15 is 0 Å². The lowest BCUT2D eigenvalue weighted by atomic mass is 10.8. The van der Waals surface area contributed by atoms with Crippen LogP contribution in [0.15, 0.2) is 5.16 Å². The summed E-state index contributed by atoms with van der Waals surface area (Å²) >= 11 is 7.08. The number of carboxylic acids is 1. The van der Waals surface area contributed by atoms with E-state index in [2.05, 4.69) is 9.36 Å². The van der Waals surface area contributed by atoms with Gasteiger partial charge in [0.15, 0.2) is 9.11 Å². The highest BCUT2D eigenvalue weighted by Gasteiger charge is 2.01. The Morgan fingerprint density at radius 1 is 1.91 bits per heavy atom. The largest absolute Gasteiger partial charge is 0.481 e. The molecule has 0 radical (unpaired) electrons. The van der Waals surface area contributed by atoms with Gasteiger partial charge in [-0.05, 0) is 23.8 Å². The average molecular weight is 208 g/mol. The Hall–Kier alpha value is -0.400. The monoisotopic (exact) mass is 208 g/mol. The van der Waals surface area contributed by atoms with Gasteiger partial charge in [-0.25, -0.2) is 4.98 Å². The van der Waals surface area contributed by atoms with Gasteiger partial charge in [-0.15, -0.1) is 0 Å². The van der Waals surface area contributed by atoms with Gasteiger partial charge in [-0.1, -0.05) is 11.8 Å². The summed E-state index contributed by atoms with van der Waals surface area (Å²) in [6.07, 6.45) is 0. The molecule has 0 aliphatic heterocycles. The number of carboxylic acid groups (broad SMARTS) is 1. The molecule has 0 bridgehead atoms. The molecule has 7 heteroatoms. The first-order valence-electron chi connectivity index (χ1n) is 2.58. The number of aromatic amines is 1. The van der Waals surface area contributed by atoms with Crippen molar-refractivity contribution in [2.75, 3.05) is 5.75 Å². The lowest BCUT2D eigenvalue weighted by Gasteiger charge is -1.88. The van der Waals surface area contributed by atoms with Gasteiger partial charge in [-0.3, -0.25) is 9.17 Å². The molecular weight excluding hydrogens is 204 g/mol. The smallest absolute Gasteiger partial charge is 0.313 e. The molecular formula is C4H4N2O2S3. The van der Waals surface area contributed by atoms with Gasteiger partial charge in [0.1, 0.15) is 0 Å². The third-order valence-corrected chi connectivity index (χ3v) is 2.64. The predicted molar refractivity (Wildman–Crippen MR) is 45.7 cm³/mol. The Labute approximate surface area is 75.8 Å². The zero-order valence-corrected chi connectivity index (χ0v) is 7.68. The number of nitrogens with one attached hydrogen (secondary N) is 1. The first-order valence-corrected chi connectivity index (χ1v) is 4.79. The Kier molecular flexibility index (Phi) is 3.03. The fourth-order valence-electron chi connectivity index (χ4n) is 0.408. The molecule has 0 atom stereocenters. The van der Waals surface area contributed by atoms with Crippen LogP contribution in [0.4, 0.5) is 0 Å². The van der Waals surface area contributed by atoms with E-state index in [4.69, 9.17) is 17.3 Å². The van der Waals surface area contributed by atoms with Crippen LogP contribution in [0.5, 0.6) is 0 Å². The minimum Gasteiger partial charge on any atom is -0.481 e. The van der Waals surface area contributed by atoms with E-state index in [1.807, 2.05) is 0 Å². The normalized spacial score (nSPS) is 9.82. The van der Waals surface area contributed by atoms with E-state index < -0.39 is 5.97 Å². The van der Waals surface area contributed by atoms with Gasteiger partial charge >= 0.3 is 5.97 Å².